The van der Waals surface area contributed by atoms with Crippen molar-refractivity contribution in [2.75, 3.05) is 0 Å². The second-order valence-corrected chi connectivity index (χ2v) is 7.02. The van der Waals surface area contributed by atoms with E-state index in [1.54, 1.807) is 23.1 Å². The molecular formula is C11H12BrN3S2. The third-order valence-electron chi connectivity index (χ3n) is 2.18. The Hall–Kier alpha value is -0.430. The highest BCUT2D eigenvalue weighted by atomic mass is 79.9. The van der Waals surface area contributed by atoms with Crippen molar-refractivity contribution in [2.24, 2.45) is 5.73 Å². The Morgan fingerprint density at radius 3 is 2.71 bits per heavy atom. The fourth-order valence-electron chi connectivity index (χ4n) is 1.36. The largest absolute Gasteiger partial charge is 0.324 e. The van der Waals surface area contributed by atoms with Gasteiger partial charge in [0, 0.05) is 15.4 Å². The molecule has 1 aromatic heterocycles. The van der Waals surface area contributed by atoms with Crippen LogP contribution in [0.2, 0.25) is 0 Å². The van der Waals surface area contributed by atoms with E-state index >= 15 is 0 Å². The summed E-state index contributed by atoms with van der Waals surface area (Å²) in [5.41, 5.74) is 6.98. The molecule has 0 aliphatic rings. The molecule has 0 spiro atoms. The molecule has 17 heavy (non-hydrogen) atoms. The highest BCUT2D eigenvalue weighted by molar-refractivity contribution is 9.10. The van der Waals surface area contributed by atoms with Crippen LogP contribution in [0.1, 0.15) is 23.5 Å². The summed E-state index contributed by atoms with van der Waals surface area (Å²) >= 11 is 6.76. The van der Waals surface area contributed by atoms with Crippen molar-refractivity contribution in [3.8, 4) is 0 Å². The molecular weight excluding hydrogens is 318 g/mol. The molecule has 0 amide bonds. The SMILES string of the molecule is Cc1nnc(Sc2ccc([C@H](C)N)c(Br)c2)s1. The van der Waals surface area contributed by atoms with Crippen LogP contribution in [0.4, 0.5) is 0 Å². The zero-order valence-corrected chi connectivity index (χ0v) is 12.7. The second-order valence-electron chi connectivity index (χ2n) is 3.66. The van der Waals surface area contributed by atoms with Gasteiger partial charge in [0.15, 0.2) is 4.34 Å². The molecule has 0 bridgehead atoms. The first-order valence-corrected chi connectivity index (χ1v) is 7.52. The van der Waals surface area contributed by atoms with Crippen molar-refractivity contribution in [1.82, 2.24) is 10.2 Å². The first-order valence-electron chi connectivity index (χ1n) is 5.09. The maximum absolute atomic E-state index is 5.86. The molecule has 0 aliphatic carbocycles. The zero-order chi connectivity index (χ0) is 12.4. The van der Waals surface area contributed by atoms with Gasteiger partial charge in [0.05, 0.1) is 0 Å². The van der Waals surface area contributed by atoms with E-state index in [0.717, 1.165) is 24.3 Å². The molecule has 0 saturated carbocycles. The first-order chi connectivity index (χ1) is 8.06. The highest BCUT2D eigenvalue weighted by Crippen LogP contribution is 2.33. The summed E-state index contributed by atoms with van der Waals surface area (Å²) in [5.74, 6) is 0. The molecule has 0 saturated heterocycles. The van der Waals surface area contributed by atoms with Crippen LogP contribution in [-0.2, 0) is 0 Å². The van der Waals surface area contributed by atoms with E-state index in [9.17, 15) is 0 Å². The molecule has 0 radical (unpaired) electrons. The molecule has 0 aliphatic heterocycles. The van der Waals surface area contributed by atoms with Gasteiger partial charge in [0.1, 0.15) is 5.01 Å². The van der Waals surface area contributed by atoms with Gasteiger partial charge in [-0.3, -0.25) is 0 Å². The molecule has 0 fully saturated rings. The summed E-state index contributed by atoms with van der Waals surface area (Å²) in [6.07, 6.45) is 0. The number of halogens is 1. The number of nitrogens with two attached hydrogens (primary N) is 1. The summed E-state index contributed by atoms with van der Waals surface area (Å²) in [6.45, 7) is 3.93. The minimum atomic E-state index is 0.0344. The lowest BCUT2D eigenvalue weighted by Gasteiger charge is -2.09. The lowest BCUT2D eigenvalue weighted by molar-refractivity contribution is 0.811. The first kappa shape index (κ1) is 13.0. The molecule has 2 aromatic rings. The number of nitrogens with zero attached hydrogens (tertiary/aromatic N) is 2. The van der Waals surface area contributed by atoms with Gasteiger partial charge in [-0.2, -0.15) is 0 Å². The summed E-state index contributed by atoms with van der Waals surface area (Å²) in [6, 6.07) is 6.21. The van der Waals surface area contributed by atoms with Crippen LogP contribution >= 0.6 is 39.0 Å². The van der Waals surface area contributed by atoms with Crippen molar-refractivity contribution < 1.29 is 0 Å². The number of rotatable bonds is 3. The van der Waals surface area contributed by atoms with Crippen LogP contribution in [0, 0.1) is 6.92 Å². The average molecular weight is 330 g/mol. The summed E-state index contributed by atoms with van der Waals surface area (Å²) in [5, 5.41) is 9.07. The fourth-order valence-corrected chi connectivity index (χ4v) is 4.08. The van der Waals surface area contributed by atoms with E-state index in [1.807, 2.05) is 19.9 Å². The van der Waals surface area contributed by atoms with Crippen molar-refractivity contribution in [1.29, 1.82) is 0 Å². The smallest absolute Gasteiger partial charge is 0.179 e. The normalized spacial score (nSPS) is 12.7. The Morgan fingerprint density at radius 1 is 1.41 bits per heavy atom. The molecule has 2 rings (SSSR count). The van der Waals surface area contributed by atoms with Gasteiger partial charge in [-0.05, 0) is 31.5 Å². The van der Waals surface area contributed by atoms with Crippen molar-refractivity contribution in [3.63, 3.8) is 0 Å². The van der Waals surface area contributed by atoms with Gasteiger partial charge in [0.2, 0.25) is 0 Å². The van der Waals surface area contributed by atoms with Crippen LogP contribution < -0.4 is 5.73 Å². The van der Waals surface area contributed by atoms with Gasteiger partial charge in [-0.15, -0.1) is 10.2 Å². The van der Waals surface area contributed by atoms with Crippen LogP contribution in [0.5, 0.6) is 0 Å². The molecule has 3 nitrogen and oxygen atoms in total. The van der Waals surface area contributed by atoms with E-state index in [1.165, 1.54) is 0 Å². The van der Waals surface area contributed by atoms with Crippen molar-refractivity contribution >= 4 is 39.0 Å². The molecule has 6 heteroatoms. The van der Waals surface area contributed by atoms with E-state index < -0.39 is 0 Å². The number of aromatic nitrogens is 2. The van der Waals surface area contributed by atoms with Crippen LogP contribution in [0.15, 0.2) is 31.9 Å². The van der Waals surface area contributed by atoms with Gasteiger partial charge in [-0.1, -0.05) is 45.1 Å². The molecule has 0 unspecified atom stereocenters. The third kappa shape index (κ3) is 3.28. The molecule has 1 heterocycles. The fraction of sp³-hybridized carbons (Fsp3) is 0.273. The average Bonchev–Trinajstić information content (AvgIpc) is 2.63. The van der Waals surface area contributed by atoms with E-state index in [-0.39, 0.29) is 6.04 Å². The molecule has 1 aromatic carbocycles. The van der Waals surface area contributed by atoms with Crippen LogP contribution in [-0.4, -0.2) is 10.2 Å². The highest BCUT2D eigenvalue weighted by Gasteiger charge is 2.08. The van der Waals surface area contributed by atoms with Gasteiger partial charge >= 0.3 is 0 Å². The lowest BCUT2D eigenvalue weighted by Crippen LogP contribution is -2.05. The quantitative estimate of drug-likeness (QED) is 0.930. The van der Waals surface area contributed by atoms with E-state index in [4.69, 9.17) is 5.73 Å². The number of aryl methyl sites for hydroxylation is 1. The Balaban J connectivity index is 2.20. The van der Waals surface area contributed by atoms with Crippen LogP contribution in [0.25, 0.3) is 0 Å². The monoisotopic (exact) mass is 329 g/mol. The number of benzene rings is 1. The van der Waals surface area contributed by atoms with E-state index in [0.29, 0.717) is 0 Å². The predicted octanol–water partition coefficient (Wildman–Crippen LogP) is 3.78. The minimum Gasteiger partial charge on any atom is -0.324 e. The summed E-state index contributed by atoms with van der Waals surface area (Å²) < 4.78 is 2.00. The topological polar surface area (TPSA) is 51.8 Å². The molecule has 1 atom stereocenters. The zero-order valence-electron chi connectivity index (χ0n) is 9.48. The van der Waals surface area contributed by atoms with Crippen molar-refractivity contribution in [2.45, 2.75) is 29.1 Å². The van der Waals surface area contributed by atoms with Gasteiger partial charge in [-0.25, -0.2) is 0 Å². The summed E-state index contributed by atoms with van der Waals surface area (Å²) in [4.78, 5) is 1.14. The Labute approximate surface area is 117 Å². The molecule has 2 N–H and O–H groups in total. The third-order valence-corrected chi connectivity index (χ3v) is 4.74. The Bertz CT molecular complexity index is 525. The molecule has 90 valence electrons. The maximum atomic E-state index is 5.86. The number of hydrogen-bond acceptors (Lipinski definition) is 5. The van der Waals surface area contributed by atoms with Gasteiger partial charge < -0.3 is 5.73 Å². The standard InChI is InChI=1S/C11H12BrN3S2/c1-6(13)9-4-3-8(5-10(9)12)17-11-15-14-7(2)16-11/h3-6H,13H2,1-2H3/t6-/m0/s1. The lowest BCUT2D eigenvalue weighted by atomic mass is 10.1. The Kier molecular flexibility index (Phi) is 4.19. The number of hydrogen-bond donors (Lipinski definition) is 1. The van der Waals surface area contributed by atoms with Gasteiger partial charge in [0.25, 0.3) is 0 Å². The van der Waals surface area contributed by atoms with Crippen molar-refractivity contribution in [3.05, 3.63) is 33.2 Å². The van der Waals surface area contributed by atoms with Crippen LogP contribution in [0.3, 0.4) is 0 Å². The second kappa shape index (κ2) is 5.48. The Morgan fingerprint density at radius 2 is 2.18 bits per heavy atom. The maximum Gasteiger partial charge on any atom is 0.179 e. The summed E-state index contributed by atoms with van der Waals surface area (Å²) in [7, 11) is 0. The predicted molar refractivity (Wildman–Crippen MR) is 75.5 cm³/mol. The minimum absolute atomic E-state index is 0.0344. The van der Waals surface area contributed by atoms with E-state index in [2.05, 4.69) is 38.3 Å².